The first kappa shape index (κ1) is 54.0. The number of halogens is 6. The average molecular weight is 971 g/mol. The standard InChI is InChI=1S/C18H24F3N5O.C16H20F3N5O.C11H12N4O2/c1-3-26(4-2)10-6-9-23-17(22)25-16(27)15-11-12-13(18(19,20)21)7-5-8-14(12)24-15;1-24(2)8-4-7-21-15(20)23-14(25)13-9-10-11(16(17,18)19)5-3-6-12(10)22-13;1-13-11(12)15-10(17)7-5-6-3-2-4-8(16)9(6)14-7/h5,7-8,11,24H,3-4,6,9-10H2,1-2H3,(H3,22,23,25,27);3,5-6,9,22H,4,7-8H2,1-2H3,(H3,20,21,23,25);2-5,14,16H,1H3,(H3,12,13,15,17). The lowest BCUT2D eigenvalue weighted by atomic mass is 10.1. The number of H-pyrrole nitrogens is 3. The summed E-state index contributed by atoms with van der Waals surface area (Å²) in [5.74, 6) is -1.67. The molecule has 0 bridgehead atoms. The number of fused-ring (bicyclic) bond motifs is 3. The molecular formula is C45H56F6N14O4. The van der Waals surface area contributed by atoms with E-state index in [2.05, 4.69) is 64.6 Å². The molecule has 3 aromatic carbocycles. The number of hydrogen-bond donors (Lipinski definition) is 10. The summed E-state index contributed by atoms with van der Waals surface area (Å²) in [5.41, 5.74) is 16.4. The van der Waals surface area contributed by atoms with Crippen molar-refractivity contribution >= 4 is 68.3 Å². The van der Waals surface area contributed by atoms with Crippen molar-refractivity contribution in [1.82, 2.24) is 40.7 Å². The number of nitrogens with two attached hydrogens (primary N) is 3. The molecular weight excluding hydrogens is 915 g/mol. The number of aromatic nitrogens is 3. The predicted octanol–water partition coefficient (Wildman–Crippen LogP) is 5.69. The van der Waals surface area contributed by atoms with E-state index in [1.807, 2.05) is 19.0 Å². The quantitative estimate of drug-likeness (QED) is 0.0294. The van der Waals surface area contributed by atoms with Crippen LogP contribution in [-0.4, -0.2) is 126 Å². The van der Waals surface area contributed by atoms with Gasteiger partial charge in [0, 0.05) is 47.3 Å². The lowest BCUT2D eigenvalue weighted by molar-refractivity contribution is -0.137. The number of hydrogen-bond acceptors (Lipinski definition) is 9. The molecule has 69 heavy (non-hydrogen) atoms. The maximum atomic E-state index is 13.1. The molecule has 6 rings (SSSR count). The van der Waals surface area contributed by atoms with Crippen LogP contribution in [0.4, 0.5) is 26.3 Å². The Kier molecular flexibility index (Phi) is 19.1. The number of amides is 3. The van der Waals surface area contributed by atoms with Gasteiger partial charge in [-0.05, 0) is 102 Å². The number of nitrogens with zero attached hydrogens (tertiary/aromatic N) is 5. The molecule has 0 aliphatic heterocycles. The Hall–Kier alpha value is -7.60. The van der Waals surface area contributed by atoms with E-state index in [1.165, 1.54) is 37.4 Å². The number of para-hydroxylation sites is 1. The van der Waals surface area contributed by atoms with Crippen LogP contribution in [-0.2, 0) is 12.4 Å². The number of nitrogens with one attached hydrogen (secondary N) is 6. The number of aliphatic imine (C=N–C) groups is 3. The van der Waals surface area contributed by atoms with E-state index in [-0.39, 0.29) is 56.8 Å². The van der Waals surface area contributed by atoms with Crippen molar-refractivity contribution in [1.29, 1.82) is 0 Å². The summed E-state index contributed by atoms with van der Waals surface area (Å²) in [6.45, 7) is 8.65. The minimum atomic E-state index is -4.50. The van der Waals surface area contributed by atoms with E-state index in [9.17, 15) is 45.8 Å². The molecule has 372 valence electrons. The van der Waals surface area contributed by atoms with Gasteiger partial charge in [-0.25, -0.2) is 0 Å². The van der Waals surface area contributed by atoms with E-state index < -0.39 is 41.2 Å². The minimum Gasteiger partial charge on any atom is -0.506 e. The number of benzene rings is 3. The fourth-order valence-corrected chi connectivity index (χ4v) is 6.62. The number of phenolic OH excluding ortho intramolecular Hbond substituents is 1. The summed E-state index contributed by atoms with van der Waals surface area (Å²) in [4.78, 5) is 60.2. The van der Waals surface area contributed by atoms with Crippen LogP contribution in [0.2, 0.25) is 0 Å². The highest BCUT2D eigenvalue weighted by molar-refractivity contribution is 6.08. The van der Waals surface area contributed by atoms with Gasteiger partial charge in [0.1, 0.15) is 22.8 Å². The average Bonchev–Trinajstić information content (AvgIpc) is 4.05. The molecule has 0 aliphatic carbocycles. The van der Waals surface area contributed by atoms with E-state index in [0.717, 1.165) is 62.6 Å². The van der Waals surface area contributed by atoms with E-state index >= 15 is 0 Å². The summed E-state index contributed by atoms with van der Waals surface area (Å²) < 4.78 is 78.2. The van der Waals surface area contributed by atoms with Gasteiger partial charge in [0.05, 0.1) is 16.6 Å². The van der Waals surface area contributed by atoms with Crippen LogP contribution >= 0.6 is 0 Å². The van der Waals surface area contributed by atoms with Crippen LogP contribution in [0.5, 0.6) is 5.75 Å². The lowest BCUT2D eigenvalue weighted by Gasteiger charge is -2.16. The Morgan fingerprint density at radius 3 is 1.49 bits per heavy atom. The molecule has 18 nitrogen and oxygen atoms in total. The minimum absolute atomic E-state index is 0.0111. The van der Waals surface area contributed by atoms with Crippen LogP contribution < -0.4 is 33.2 Å². The van der Waals surface area contributed by atoms with Gasteiger partial charge < -0.3 is 47.1 Å². The zero-order valence-corrected chi connectivity index (χ0v) is 38.5. The monoisotopic (exact) mass is 970 g/mol. The van der Waals surface area contributed by atoms with Gasteiger partial charge in [-0.1, -0.05) is 38.1 Å². The number of aromatic hydroxyl groups is 1. The Labute approximate surface area is 392 Å². The number of aromatic amines is 3. The van der Waals surface area contributed by atoms with E-state index in [0.29, 0.717) is 24.3 Å². The van der Waals surface area contributed by atoms with E-state index in [1.54, 1.807) is 24.3 Å². The van der Waals surface area contributed by atoms with Crippen molar-refractivity contribution in [3.05, 3.63) is 101 Å². The van der Waals surface area contributed by atoms with Gasteiger partial charge in [-0.15, -0.1) is 0 Å². The topological polar surface area (TPSA) is 277 Å². The third kappa shape index (κ3) is 15.7. The molecule has 0 fully saturated rings. The summed E-state index contributed by atoms with van der Waals surface area (Å²) in [6.07, 6.45) is -7.44. The van der Waals surface area contributed by atoms with Gasteiger partial charge in [0.15, 0.2) is 17.9 Å². The molecule has 0 radical (unpaired) electrons. The maximum Gasteiger partial charge on any atom is 0.417 e. The summed E-state index contributed by atoms with van der Waals surface area (Å²) >= 11 is 0. The fraction of sp³-hybridized carbons (Fsp3) is 0.333. The zero-order chi connectivity index (χ0) is 51.1. The molecule has 3 heterocycles. The largest absolute Gasteiger partial charge is 0.506 e. The van der Waals surface area contributed by atoms with Crippen molar-refractivity contribution in [3.8, 4) is 5.75 Å². The molecule has 0 spiro atoms. The van der Waals surface area contributed by atoms with Gasteiger partial charge >= 0.3 is 12.4 Å². The van der Waals surface area contributed by atoms with Gasteiger partial charge in [0.25, 0.3) is 17.7 Å². The second kappa shape index (κ2) is 24.4. The molecule has 0 saturated heterocycles. The van der Waals surface area contributed by atoms with Crippen molar-refractivity contribution in [2.24, 2.45) is 32.2 Å². The van der Waals surface area contributed by atoms with Crippen molar-refractivity contribution in [2.45, 2.75) is 39.0 Å². The normalized spacial score (nSPS) is 12.5. The first-order valence-corrected chi connectivity index (χ1v) is 21.4. The highest BCUT2D eigenvalue weighted by Crippen LogP contribution is 2.36. The molecule has 3 amide bonds. The first-order chi connectivity index (χ1) is 32.6. The number of guanidine groups is 3. The number of carbonyl (C=O) groups is 3. The third-order valence-electron chi connectivity index (χ3n) is 10.1. The highest BCUT2D eigenvalue weighted by Gasteiger charge is 2.34. The molecule has 24 heteroatoms. The summed E-state index contributed by atoms with van der Waals surface area (Å²) in [7, 11) is 5.34. The van der Waals surface area contributed by atoms with Crippen molar-refractivity contribution in [3.63, 3.8) is 0 Å². The second-order valence-electron chi connectivity index (χ2n) is 15.4. The zero-order valence-electron chi connectivity index (χ0n) is 38.5. The number of rotatable bonds is 13. The van der Waals surface area contributed by atoms with Gasteiger partial charge in [0.2, 0.25) is 0 Å². The summed E-state index contributed by atoms with van der Waals surface area (Å²) in [6, 6.07) is 16.5. The van der Waals surface area contributed by atoms with E-state index in [4.69, 9.17) is 17.2 Å². The van der Waals surface area contributed by atoms with Crippen molar-refractivity contribution in [2.75, 3.05) is 60.4 Å². The number of phenols is 1. The summed E-state index contributed by atoms with van der Waals surface area (Å²) in [5, 5.41) is 17.4. The van der Waals surface area contributed by atoms with Crippen LogP contribution in [0.15, 0.2) is 87.8 Å². The Morgan fingerprint density at radius 1 is 0.638 bits per heavy atom. The highest BCUT2D eigenvalue weighted by atomic mass is 19.4. The molecule has 0 aliphatic rings. The third-order valence-corrected chi connectivity index (χ3v) is 10.1. The van der Waals surface area contributed by atoms with Gasteiger partial charge in [-0.3, -0.25) is 45.3 Å². The van der Waals surface area contributed by atoms with Crippen LogP contribution in [0, 0.1) is 0 Å². The van der Waals surface area contributed by atoms with Crippen LogP contribution in [0.3, 0.4) is 0 Å². The Balaban J connectivity index is 0.000000231. The second-order valence-corrected chi connectivity index (χ2v) is 15.4. The predicted molar refractivity (Wildman–Crippen MR) is 255 cm³/mol. The molecule has 6 aromatic rings. The number of carbonyl (C=O) groups excluding carboxylic acids is 3. The molecule has 0 atom stereocenters. The fourth-order valence-electron chi connectivity index (χ4n) is 6.62. The smallest absolute Gasteiger partial charge is 0.417 e. The van der Waals surface area contributed by atoms with Crippen LogP contribution in [0.1, 0.15) is 69.3 Å². The Morgan fingerprint density at radius 2 is 1.07 bits per heavy atom. The molecule has 0 unspecified atom stereocenters. The molecule has 13 N–H and O–H groups in total. The van der Waals surface area contributed by atoms with Crippen LogP contribution in [0.25, 0.3) is 32.7 Å². The Bertz CT molecular complexity index is 2790. The van der Waals surface area contributed by atoms with Gasteiger partial charge in [-0.2, -0.15) is 26.3 Å². The molecule has 3 aromatic heterocycles. The number of alkyl halides is 6. The van der Waals surface area contributed by atoms with Crippen molar-refractivity contribution < 1.29 is 45.8 Å². The first-order valence-electron chi connectivity index (χ1n) is 21.4. The molecule has 0 saturated carbocycles. The lowest BCUT2D eigenvalue weighted by Crippen LogP contribution is -2.37. The SMILES string of the molecule is CCN(CC)CCCN=C(N)NC(=O)c1cc2c(C(F)(F)F)cccc2[nH]1.CN(C)CCCN=C(N)NC(=O)c1cc2c(C(F)(F)F)cccc2[nH]1.CN=C(N)NC(=O)c1cc2cccc(O)c2[nH]1. The maximum absolute atomic E-state index is 13.1.